The summed E-state index contributed by atoms with van der Waals surface area (Å²) in [5.74, 6) is 0.394. The zero-order valence-electron chi connectivity index (χ0n) is 14.1. The summed E-state index contributed by atoms with van der Waals surface area (Å²) >= 11 is 1.37. The number of thiazole rings is 1. The predicted molar refractivity (Wildman–Crippen MR) is 102 cm³/mol. The number of benzene rings is 2. The van der Waals surface area contributed by atoms with Gasteiger partial charge >= 0.3 is 0 Å². The Kier molecular flexibility index (Phi) is 5.00. The lowest BCUT2D eigenvalue weighted by Gasteiger charge is -2.12. The van der Waals surface area contributed by atoms with Gasteiger partial charge in [-0.15, -0.1) is 11.3 Å². The maximum Gasteiger partial charge on any atom is 0.262 e. The largest absolute Gasteiger partial charge is 0.483 e. The van der Waals surface area contributed by atoms with Crippen LogP contribution >= 0.6 is 11.3 Å². The van der Waals surface area contributed by atoms with E-state index in [1.54, 1.807) is 0 Å². The fourth-order valence-electron chi connectivity index (χ4n) is 2.42. The van der Waals surface area contributed by atoms with Gasteiger partial charge < -0.3 is 15.8 Å². The third-order valence-electron chi connectivity index (χ3n) is 3.71. The van der Waals surface area contributed by atoms with Gasteiger partial charge in [0.2, 0.25) is 0 Å². The molecule has 0 aliphatic heterocycles. The fourth-order valence-corrected chi connectivity index (χ4v) is 2.98. The molecule has 3 aromatic rings. The lowest BCUT2D eigenvalue weighted by Crippen LogP contribution is -2.20. The van der Waals surface area contributed by atoms with Crippen LogP contribution < -0.4 is 15.8 Å². The van der Waals surface area contributed by atoms with Crippen LogP contribution in [0.1, 0.15) is 11.1 Å². The molecule has 1 amide bonds. The topological polar surface area (TPSA) is 77.2 Å². The number of nitrogens with one attached hydrogen (secondary N) is 1. The average Bonchev–Trinajstić information content (AvgIpc) is 3.03. The second kappa shape index (κ2) is 7.36. The van der Waals surface area contributed by atoms with Crippen molar-refractivity contribution in [1.29, 1.82) is 0 Å². The van der Waals surface area contributed by atoms with Crippen LogP contribution in [0.5, 0.6) is 5.75 Å². The molecule has 0 spiro atoms. The molecule has 0 saturated heterocycles. The highest BCUT2D eigenvalue weighted by molar-refractivity contribution is 7.13. The molecule has 0 unspecified atom stereocenters. The Hall–Kier alpha value is -2.86. The molecule has 0 aliphatic carbocycles. The van der Waals surface area contributed by atoms with Gasteiger partial charge in [-0.25, -0.2) is 4.98 Å². The van der Waals surface area contributed by atoms with Crippen molar-refractivity contribution in [1.82, 2.24) is 4.98 Å². The van der Waals surface area contributed by atoms with E-state index in [4.69, 9.17) is 10.5 Å². The Bertz CT molecular complexity index is 905. The molecule has 0 radical (unpaired) electrons. The summed E-state index contributed by atoms with van der Waals surface area (Å²) in [5.41, 5.74) is 10.2. The standard InChI is InChI=1S/C19H19N3O2S/c1-12-7-8-13(2)15(9-12)21-18(23)10-24-17-6-4-3-5-14(17)16-11-25-19(20)22-16/h3-9,11H,10H2,1-2H3,(H2,20,22)(H,21,23). The summed E-state index contributed by atoms with van der Waals surface area (Å²) in [6.07, 6.45) is 0. The van der Waals surface area contributed by atoms with Crippen LogP contribution in [0, 0.1) is 13.8 Å². The first-order chi connectivity index (χ1) is 12.0. The van der Waals surface area contributed by atoms with Gasteiger partial charge in [0.25, 0.3) is 5.91 Å². The molecule has 0 atom stereocenters. The summed E-state index contributed by atoms with van der Waals surface area (Å²) in [4.78, 5) is 16.5. The first kappa shape index (κ1) is 17.0. The minimum Gasteiger partial charge on any atom is -0.483 e. The van der Waals surface area contributed by atoms with Gasteiger partial charge in [0.05, 0.1) is 5.69 Å². The third-order valence-corrected chi connectivity index (χ3v) is 4.38. The van der Waals surface area contributed by atoms with Crippen LogP contribution in [-0.4, -0.2) is 17.5 Å². The molecule has 3 N–H and O–H groups in total. The number of nitrogens with zero attached hydrogens (tertiary/aromatic N) is 1. The van der Waals surface area contributed by atoms with E-state index in [9.17, 15) is 4.79 Å². The molecule has 128 valence electrons. The molecule has 1 heterocycles. The quantitative estimate of drug-likeness (QED) is 0.726. The summed E-state index contributed by atoms with van der Waals surface area (Å²) < 4.78 is 5.72. The molecule has 0 fully saturated rings. The lowest BCUT2D eigenvalue weighted by atomic mass is 10.1. The number of carbonyl (C=O) groups is 1. The zero-order chi connectivity index (χ0) is 17.8. The lowest BCUT2D eigenvalue weighted by molar-refractivity contribution is -0.118. The fraction of sp³-hybridized carbons (Fsp3) is 0.158. The summed E-state index contributed by atoms with van der Waals surface area (Å²) in [5, 5.41) is 5.25. The van der Waals surface area contributed by atoms with Crippen molar-refractivity contribution in [2.75, 3.05) is 17.7 Å². The third kappa shape index (κ3) is 4.16. The summed E-state index contributed by atoms with van der Waals surface area (Å²) in [6.45, 7) is 3.86. The van der Waals surface area contributed by atoms with E-state index < -0.39 is 0 Å². The van der Waals surface area contributed by atoms with Gasteiger partial charge in [-0.05, 0) is 43.2 Å². The van der Waals surface area contributed by atoms with Gasteiger partial charge in [0, 0.05) is 16.6 Å². The molecule has 0 bridgehead atoms. The molecule has 3 rings (SSSR count). The number of aryl methyl sites for hydroxylation is 2. The van der Waals surface area contributed by atoms with E-state index in [-0.39, 0.29) is 12.5 Å². The van der Waals surface area contributed by atoms with E-state index >= 15 is 0 Å². The number of rotatable bonds is 5. The van der Waals surface area contributed by atoms with E-state index in [1.165, 1.54) is 11.3 Å². The number of ether oxygens (including phenoxy) is 1. The predicted octanol–water partition coefficient (Wildman–Crippen LogP) is 4.03. The van der Waals surface area contributed by atoms with Gasteiger partial charge in [-0.1, -0.05) is 24.3 Å². The van der Waals surface area contributed by atoms with Crippen LogP contribution in [0.25, 0.3) is 11.3 Å². The Morgan fingerprint density at radius 1 is 1.24 bits per heavy atom. The second-order valence-electron chi connectivity index (χ2n) is 5.72. The zero-order valence-corrected chi connectivity index (χ0v) is 14.9. The van der Waals surface area contributed by atoms with Crippen molar-refractivity contribution in [3.05, 3.63) is 59.0 Å². The second-order valence-corrected chi connectivity index (χ2v) is 6.61. The molecular formula is C19H19N3O2S. The number of carbonyl (C=O) groups excluding carboxylic acids is 1. The highest BCUT2D eigenvalue weighted by Gasteiger charge is 2.11. The van der Waals surface area contributed by atoms with Crippen LogP contribution in [0.2, 0.25) is 0 Å². The van der Waals surface area contributed by atoms with Crippen molar-refractivity contribution < 1.29 is 9.53 Å². The Morgan fingerprint density at radius 2 is 2.04 bits per heavy atom. The first-order valence-corrected chi connectivity index (χ1v) is 8.71. The van der Waals surface area contributed by atoms with Crippen molar-refractivity contribution >= 4 is 28.1 Å². The first-order valence-electron chi connectivity index (χ1n) is 7.83. The molecule has 1 aromatic heterocycles. The monoisotopic (exact) mass is 353 g/mol. The molecule has 6 heteroatoms. The van der Waals surface area contributed by atoms with Crippen LogP contribution in [0.4, 0.5) is 10.8 Å². The summed E-state index contributed by atoms with van der Waals surface area (Å²) in [6, 6.07) is 13.4. The average molecular weight is 353 g/mol. The molecule has 5 nitrogen and oxygen atoms in total. The van der Waals surface area contributed by atoms with Crippen molar-refractivity contribution in [2.24, 2.45) is 0 Å². The molecular weight excluding hydrogens is 334 g/mol. The van der Waals surface area contributed by atoms with Gasteiger partial charge in [-0.2, -0.15) is 0 Å². The number of hydrogen-bond acceptors (Lipinski definition) is 5. The number of amides is 1. The highest BCUT2D eigenvalue weighted by Crippen LogP contribution is 2.31. The molecule has 0 saturated carbocycles. The minimum atomic E-state index is -0.207. The molecule has 2 aromatic carbocycles. The number of nitrogens with two attached hydrogens (primary N) is 1. The van der Waals surface area contributed by atoms with Gasteiger partial charge in [0.1, 0.15) is 5.75 Å². The number of aromatic nitrogens is 1. The number of para-hydroxylation sites is 1. The summed E-state index contributed by atoms with van der Waals surface area (Å²) in [7, 11) is 0. The van der Waals surface area contributed by atoms with E-state index in [0.29, 0.717) is 10.9 Å². The molecule has 0 aliphatic rings. The van der Waals surface area contributed by atoms with Crippen molar-refractivity contribution in [2.45, 2.75) is 13.8 Å². The highest BCUT2D eigenvalue weighted by atomic mass is 32.1. The van der Waals surface area contributed by atoms with E-state index in [1.807, 2.05) is 61.7 Å². The van der Waals surface area contributed by atoms with Crippen LogP contribution in [0.3, 0.4) is 0 Å². The smallest absolute Gasteiger partial charge is 0.262 e. The Morgan fingerprint density at radius 3 is 2.80 bits per heavy atom. The number of hydrogen-bond donors (Lipinski definition) is 2. The maximum absolute atomic E-state index is 12.2. The van der Waals surface area contributed by atoms with E-state index in [2.05, 4.69) is 10.3 Å². The normalized spacial score (nSPS) is 10.5. The van der Waals surface area contributed by atoms with E-state index in [0.717, 1.165) is 28.1 Å². The van der Waals surface area contributed by atoms with Crippen LogP contribution in [0.15, 0.2) is 47.8 Å². The number of anilines is 2. The minimum absolute atomic E-state index is 0.0794. The SMILES string of the molecule is Cc1ccc(C)c(NC(=O)COc2ccccc2-c2csc(N)n2)c1. The van der Waals surface area contributed by atoms with Crippen molar-refractivity contribution in [3.8, 4) is 17.0 Å². The maximum atomic E-state index is 12.2. The van der Waals surface area contributed by atoms with Gasteiger partial charge in [-0.3, -0.25) is 4.79 Å². The Balaban J connectivity index is 1.70. The molecule has 25 heavy (non-hydrogen) atoms. The Labute approximate surface area is 150 Å². The van der Waals surface area contributed by atoms with Crippen molar-refractivity contribution in [3.63, 3.8) is 0 Å². The van der Waals surface area contributed by atoms with Crippen LogP contribution in [-0.2, 0) is 4.79 Å². The van der Waals surface area contributed by atoms with Gasteiger partial charge in [0.15, 0.2) is 11.7 Å². The number of nitrogen functional groups attached to an aromatic ring is 1.